The van der Waals surface area contributed by atoms with Crippen molar-refractivity contribution in [2.24, 2.45) is 5.73 Å². The summed E-state index contributed by atoms with van der Waals surface area (Å²) in [6.45, 7) is 0. The van der Waals surface area contributed by atoms with E-state index < -0.39 is 17.7 Å². The van der Waals surface area contributed by atoms with E-state index in [-0.39, 0.29) is 5.56 Å². The Morgan fingerprint density at radius 1 is 1.20 bits per heavy atom. The van der Waals surface area contributed by atoms with Gasteiger partial charge in [-0.3, -0.25) is 0 Å². The predicted molar refractivity (Wildman–Crippen MR) is 75.0 cm³/mol. The van der Waals surface area contributed by atoms with E-state index in [0.717, 1.165) is 11.6 Å². The zero-order chi connectivity index (χ0) is 14.7. The number of ether oxygens (including phenoxy) is 1. The van der Waals surface area contributed by atoms with Crippen LogP contribution < -0.4 is 10.5 Å². The summed E-state index contributed by atoms with van der Waals surface area (Å²) in [4.78, 5) is 0. The molecule has 106 valence electrons. The number of rotatable bonds is 4. The second kappa shape index (κ2) is 6.20. The molecule has 1 unspecified atom stereocenters. The lowest BCUT2D eigenvalue weighted by Gasteiger charge is -2.15. The Kier molecular flexibility index (Phi) is 4.57. The molecule has 2 aromatic carbocycles. The molecular weight excluding hydrogens is 284 g/mol. The third kappa shape index (κ3) is 3.26. The molecule has 2 aromatic rings. The van der Waals surface area contributed by atoms with Crippen LogP contribution in [-0.4, -0.2) is 7.11 Å². The maximum Gasteiger partial charge on any atom is 0.130 e. The Bertz CT molecular complexity index is 619. The largest absolute Gasteiger partial charge is 0.496 e. The van der Waals surface area contributed by atoms with E-state index in [2.05, 4.69) is 0 Å². The van der Waals surface area contributed by atoms with Crippen molar-refractivity contribution in [3.8, 4) is 5.75 Å². The predicted octanol–water partition coefficient (Wildman–Crippen LogP) is 3.87. The number of nitrogens with two attached hydrogens (primary N) is 1. The van der Waals surface area contributed by atoms with Crippen molar-refractivity contribution in [1.82, 2.24) is 0 Å². The van der Waals surface area contributed by atoms with Gasteiger partial charge in [0.05, 0.1) is 7.11 Å². The minimum absolute atomic E-state index is 0.258. The van der Waals surface area contributed by atoms with E-state index in [1.54, 1.807) is 18.2 Å². The Morgan fingerprint density at radius 3 is 2.60 bits per heavy atom. The van der Waals surface area contributed by atoms with E-state index in [0.29, 0.717) is 17.2 Å². The summed E-state index contributed by atoms with van der Waals surface area (Å²) in [7, 11) is 1.54. The monoisotopic (exact) mass is 297 g/mol. The third-order valence-corrected chi connectivity index (χ3v) is 3.28. The van der Waals surface area contributed by atoms with Gasteiger partial charge in [-0.15, -0.1) is 0 Å². The Balaban J connectivity index is 2.27. The van der Waals surface area contributed by atoms with Gasteiger partial charge in [-0.1, -0.05) is 17.7 Å². The molecule has 5 heteroatoms. The molecule has 0 heterocycles. The highest BCUT2D eigenvalue weighted by Crippen LogP contribution is 2.27. The molecule has 0 bridgehead atoms. The lowest BCUT2D eigenvalue weighted by atomic mass is 9.98. The molecule has 20 heavy (non-hydrogen) atoms. The van der Waals surface area contributed by atoms with Crippen LogP contribution >= 0.6 is 11.6 Å². The van der Waals surface area contributed by atoms with Gasteiger partial charge >= 0.3 is 0 Å². The molecular formula is C15H14ClF2NO. The fourth-order valence-electron chi connectivity index (χ4n) is 2.06. The molecule has 0 radical (unpaired) electrons. The van der Waals surface area contributed by atoms with Crippen molar-refractivity contribution in [2.45, 2.75) is 12.5 Å². The molecule has 0 aromatic heterocycles. The van der Waals surface area contributed by atoms with Crippen LogP contribution in [-0.2, 0) is 6.42 Å². The van der Waals surface area contributed by atoms with Crippen LogP contribution in [0.3, 0.4) is 0 Å². The molecule has 0 saturated carbocycles. The maximum atomic E-state index is 13.7. The summed E-state index contributed by atoms with van der Waals surface area (Å²) in [5, 5.41) is 0.549. The quantitative estimate of drug-likeness (QED) is 0.930. The lowest BCUT2D eigenvalue weighted by Crippen LogP contribution is -2.15. The van der Waals surface area contributed by atoms with Crippen LogP contribution in [0, 0.1) is 11.6 Å². The third-order valence-electron chi connectivity index (χ3n) is 3.04. The lowest BCUT2D eigenvalue weighted by molar-refractivity contribution is 0.407. The van der Waals surface area contributed by atoms with Gasteiger partial charge < -0.3 is 10.5 Å². The molecule has 0 spiro atoms. The first-order chi connectivity index (χ1) is 9.51. The first kappa shape index (κ1) is 14.8. The minimum Gasteiger partial charge on any atom is -0.496 e. The van der Waals surface area contributed by atoms with Crippen molar-refractivity contribution in [3.05, 3.63) is 64.2 Å². The molecule has 2 nitrogen and oxygen atoms in total. The molecule has 0 aliphatic carbocycles. The topological polar surface area (TPSA) is 35.2 Å². The average Bonchev–Trinajstić information content (AvgIpc) is 2.38. The number of halogens is 3. The highest BCUT2D eigenvalue weighted by atomic mass is 35.5. The highest BCUT2D eigenvalue weighted by molar-refractivity contribution is 6.30. The van der Waals surface area contributed by atoms with Crippen LogP contribution in [0.2, 0.25) is 5.02 Å². The molecule has 2 rings (SSSR count). The number of benzene rings is 2. The second-order valence-corrected chi connectivity index (χ2v) is 4.87. The summed E-state index contributed by atoms with van der Waals surface area (Å²) in [5.74, 6) is -0.648. The summed E-state index contributed by atoms with van der Waals surface area (Å²) >= 11 is 5.94. The minimum atomic E-state index is -0.654. The molecule has 0 amide bonds. The normalized spacial score (nSPS) is 12.2. The molecule has 0 aliphatic rings. The van der Waals surface area contributed by atoms with Gasteiger partial charge in [0.25, 0.3) is 0 Å². The zero-order valence-electron chi connectivity index (χ0n) is 10.9. The number of hydrogen-bond acceptors (Lipinski definition) is 2. The molecule has 0 saturated heterocycles. The number of hydrogen-bond donors (Lipinski definition) is 1. The van der Waals surface area contributed by atoms with Crippen molar-refractivity contribution >= 4 is 11.6 Å². The fourth-order valence-corrected chi connectivity index (χ4v) is 2.25. The standard InChI is InChI=1S/C15H14ClF2NO/c1-20-15-5-2-10(16)6-9(15)7-14(19)12-4-3-11(17)8-13(12)18/h2-6,8,14H,7,19H2,1H3. The SMILES string of the molecule is COc1ccc(Cl)cc1CC(N)c1ccc(F)cc1F. The van der Waals surface area contributed by atoms with Crippen molar-refractivity contribution in [1.29, 1.82) is 0 Å². The first-order valence-electron chi connectivity index (χ1n) is 6.04. The van der Waals surface area contributed by atoms with E-state index >= 15 is 0 Å². The maximum absolute atomic E-state index is 13.7. The first-order valence-corrected chi connectivity index (χ1v) is 6.42. The second-order valence-electron chi connectivity index (χ2n) is 4.43. The Labute approximate surface area is 121 Å². The van der Waals surface area contributed by atoms with Crippen molar-refractivity contribution in [2.75, 3.05) is 7.11 Å². The van der Waals surface area contributed by atoms with Gasteiger partial charge in [0, 0.05) is 22.7 Å². The summed E-state index contributed by atoms with van der Waals surface area (Å²) in [6.07, 6.45) is 0.340. The van der Waals surface area contributed by atoms with E-state index in [1.807, 2.05) is 0 Å². The molecule has 0 aliphatic heterocycles. The summed E-state index contributed by atoms with van der Waals surface area (Å²) in [5.41, 5.74) is 7.02. The zero-order valence-corrected chi connectivity index (χ0v) is 11.6. The van der Waals surface area contributed by atoms with Crippen LogP contribution in [0.1, 0.15) is 17.2 Å². The van der Waals surface area contributed by atoms with E-state index in [1.165, 1.54) is 19.2 Å². The van der Waals surface area contributed by atoms with Gasteiger partial charge in [0.2, 0.25) is 0 Å². The number of methoxy groups -OCH3 is 1. The average molecular weight is 298 g/mol. The van der Waals surface area contributed by atoms with Crippen LogP contribution in [0.25, 0.3) is 0 Å². The Morgan fingerprint density at radius 2 is 1.95 bits per heavy atom. The Hall–Kier alpha value is -1.65. The smallest absolute Gasteiger partial charge is 0.130 e. The van der Waals surface area contributed by atoms with Gasteiger partial charge in [-0.25, -0.2) is 8.78 Å². The fraction of sp³-hybridized carbons (Fsp3) is 0.200. The van der Waals surface area contributed by atoms with Gasteiger partial charge in [0.1, 0.15) is 17.4 Å². The van der Waals surface area contributed by atoms with Crippen LogP contribution in [0.5, 0.6) is 5.75 Å². The summed E-state index contributed by atoms with van der Waals surface area (Å²) in [6, 6.07) is 7.91. The molecule has 0 fully saturated rings. The van der Waals surface area contributed by atoms with E-state index in [4.69, 9.17) is 22.1 Å². The van der Waals surface area contributed by atoms with Gasteiger partial charge in [-0.05, 0) is 36.2 Å². The molecule has 2 N–H and O–H groups in total. The van der Waals surface area contributed by atoms with Crippen LogP contribution in [0.4, 0.5) is 8.78 Å². The highest BCUT2D eigenvalue weighted by Gasteiger charge is 2.15. The van der Waals surface area contributed by atoms with Crippen molar-refractivity contribution < 1.29 is 13.5 Å². The molecule has 1 atom stereocenters. The van der Waals surface area contributed by atoms with Crippen molar-refractivity contribution in [3.63, 3.8) is 0 Å². The summed E-state index contributed by atoms with van der Waals surface area (Å²) < 4.78 is 31.8. The van der Waals surface area contributed by atoms with Crippen LogP contribution in [0.15, 0.2) is 36.4 Å². The van der Waals surface area contributed by atoms with E-state index in [9.17, 15) is 8.78 Å². The van der Waals surface area contributed by atoms with Gasteiger partial charge in [0.15, 0.2) is 0 Å². The van der Waals surface area contributed by atoms with Gasteiger partial charge in [-0.2, -0.15) is 0 Å².